The fraction of sp³-hybridized carbons (Fsp3) is 0.222. The van der Waals surface area contributed by atoms with Gasteiger partial charge in [0.05, 0.1) is 17.6 Å². The molecule has 0 fully saturated rings. The quantitative estimate of drug-likeness (QED) is 0.729. The molecule has 0 bridgehead atoms. The van der Waals surface area contributed by atoms with E-state index in [0.29, 0.717) is 0 Å². The number of hydrogen-bond acceptors (Lipinski definition) is 4. The number of para-hydroxylation sites is 1. The minimum atomic E-state index is -1.19. The van der Waals surface area contributed by atoms with Gasteiger partial charge < -0.3 is 10.4 Å². The number of benzene rings is 1. The van der Waals surface area contributed by atoms with Crippen LogP contribution < -0.4 is 5.32 Å². The SMILES string of the molecule is Cc1nn(-c2ccccc2)c(C)c1CNC(=O)c1c(C(=O)O)cnn1C. The zero-order valence-corrected chi connectivity index (χ0v) is 14.7. The standard InChI is InChI=1S/C18H19N5O3/c1-11-14(12(2)23(21-11)13-7-5-4-6-8-13)9-19-17(24)16-15(18(25)26)10-20-22(16)3/h4-8,10H,9H2,1-3H3,(H,19,24)(H,25,26). The summed E-state index contributed by atoms with van der Waals surface area (Å²) in [7, 11) is 1.53. The molecule has 1 amide bonds. The Morgan fingerprint density at radius 1 is 1.19 bits per heavy atom. The van der Waals surface area contributed by atoms with Crippen LogP contribution in [0.15, 0.2) is 36.5 Å². The van der Waals surface area contributed by atoms with Crippen LogP contribution in [0, 0.1) is 13.8 Å². The van der Waals surface area contributed by atoms with Crippen molar-refractivity contribution in [2.45, 2.75) is 20.4 Å². The summed E-state index contributed by atoms with van der Waals surface area (Å²) >= 11 is 0. The molecular formula is C18H19N5O3. The Hall–Kier alpha value is -3.42. The molecule has 0 aliphatic carbocycles. The number of nitrogens with zero attached hydrogens (tertiary/aromatic N) is 4. The highest BCUT2D eigenvalue weighted by atomic mass is 16.4. The topological polar surface area (TPSA) is 102 Å². The lowest BCUT2D eigenvalue weighted by Gasteiger charge is -2.08. The lowest BCUT2D eigenvalue weighted by molar-refractivity contribution is 0.0690. The van der Waals surface area contributed by atoms with E-state index in [-0.39, 0.29) is 17.8 Å². The zero-order chi connectivity index (χ0) is 18.8. The number of rotatable bonds is 5. The summed E-state index contributed by atoms with van der Waals surface area (Å²) < 4.78 is 3.08. The summed E-state index contributed by atoms with van der Waals surface area (Å²) in [6.45, 7) is 4.05. The van der Waals surface area contributed by atoms with Crippen molar-refractivity contribution in [1.82, 2.24) is 24.9 Å². The van der Waals surface area contributed by atoms with Gasteiger partial charge in [-0.05, 0) is 26.0 Å². The van der Waals surface area contributed by atoms with Gasteiger partial charge in [0.1, 0.15) is 11.3 Å². The molecule has 0 radical (unpaired) electrons. The highest BCUT2D eigenvalue weighted by Gasteiger charge is 2.22. The lowest BCUT2D eigenvalue weighted by Crippen LogP contribution is -2.27. The number of hydrogen-bond donors (Lipinski definition) is 2. The Balaban J connectivity index is 1.83. The maximum atomic E-state index is 12.5. The third-order valence-corrected chi connectivity index (χ3v) is 4.25. The average molecular weight is 353 g/mol. The molecule has 26 heavy (non-hydrogen) atoms. The van der Waals surface area contributed by atoms with E-state index in [1.54, 1.807) is 0 Å². The lowest BCUT2D eigenvalue weighted by atomic mass is 10.2. The van der Waals surface area contributed by atoms with Crippen LogP contribution in [0.25, 0.3) is 5.69 Å². The number of amides is 1. The number of carbonyl (C=O) groups excluding carboxylic acids is 1. The first-order chi connectivity index (χ1) is 12.4. The predicted octanol–water partition coefficient (Wildman–Crippen LogP) is 1.85. The Kier molecular flexibility index (Phi) is 4.57. The number of carboxylic acids is 1. The van der Waals surface area contributed by atoms with E-state index in [9.17, 15) is 14.7 Å². The van der Waals surface area contributed by atoms with Crippen molar-refractivity contribution >= 4 is 11.9 Å². The second kappa shape index (κ2) is 6.83. The van der Waals surface area contributed by atoms with Gasteiger partial charge in [-0.3, -0.25) is 9.48 Å². The Morgan fingerprint density at radius 3 is 2.54 bits per heavy atom. The largest absolute Gasteiger partial charge is 0.478 e. The molecule has 8 heteroatoms. The van der Waals surface area contributed by atoms with Crippen LogP contribution in [-0.4, -0.2) is 36.5 Å². The molecule has 3 aromatic rings. The van der Waals surface area contributed by atoms with Crippen LogP contribution in [0.1, 0.15) is 37.8 Å². The Labute approximate surface area is 150 Å². The van der Waals surface area contributed by atoms with Crippen molar-refractivity contribution in [2.24, 2.45) is 7.05 Å². The van der Waals surface area contributed by atoms with Gasteiger partial charge in [-0.25, -0.2) is 9.48 Å². The third kappa shape index (κ3) is 3.08. The van der Waals surface area contributed by atoms with Crippen molar-refractivity contribution in [3.8, 4) is 5.69 Å². The molecule has 8 nitrogen and oxygen atoms in total. The highest BCUT2D eigenvalue weighted by molar-refractivity contribution is 6.03. The molecular weight excluding hydrogens is 334 g/mol. The smallest absolute Gasteiger partial charge is 0.339 e. The van der Waals surface area contributed by atoms with Gasteiger partial charge in [-0.1, -0.05) is 18.2 Å². The fourth-order valence-electron chi connectivity index (χ4n) is 2.87. The molecule has 0 aliphatic rings. The fourth-order valence-corrected chi connectivity index (χ4v) is 2.87. The van der Waals surface area contributed by atoms with Crippen LogP contribution in [-0.2, 0) is 13.6 Å². The van der Waals surface area contributed by atoms with Gasteiger partial charge in [-0.2, -0.15) is 10.2 Å². The second-order valence-corrected chi connectivity index (χ2v) is 5.92. The molecule has 0 spiro atoms. The number of nitrogens with one attached hydrogen (secondary N) is 1. The van der Waals surface area contributed by atoms with Crippen molar-refractivity contribution in [1.29, 1.82) is 0 Å². The number of aromatic nitrogens is 4. The molecule has 0 unspecified atom stereocenters. The third-order valence-electron chi connectivity index (χ3n) is 4.25. The van der Waals surface area contributed by atoms with Gasteiger partial charge in [0.25, 0.3) is 5.91 Å². The van der Waals surface area contributed by atoms with Crippen molar-refractivity contribution in [3.63, 3.8) is 0 Å². The highest BCUT2D eigenvalue weighted by Crippen LogP contribution is 2.18. The molecule has 0 saturated heterocycles. The minimum Gasteiger partial charge on any atom is -0.478 e. The van der Waals surface area contributed by atoms with Crippen molar-refractivity contribution in [3.05, 3.63) is 64.7 Å². The maximum absolute atomic E-state index is 12.5. The summed E-state index contributed by atoms with van der Waals surface area (Å²) in [5, 5.41) is 20.3. The van der Waals surface area contributed by atoms with Gasteiger partial charge in [0, 0.05) is 24.8 Å². The number of aryl methyl sites for hydroxylation is 2. The average Bonchev–Trinajstić information content (AvgIpc) is 3.14. The summed E-state index contributed by atoms with van der Waals surface area (Å²) in [5.74, 6) is -1.68. The molecule has 2 N–H and O–H groups in total. The van der Waals surface area contributed by atoms with E-state index in [2.05, 4.69) is 15.5 Å². The Bertz CT molecular complexity index is 972. The van der Waals surface area contributed by atoms with E-state index in [4.69, 9.17) is 0 Å². The number of aromatic carboxylic acids is 1. The maximum Gasteiger partial charge on any atom is 0.339 e. The van der Waals surface area contributed by atoms with Gasteiger partial charge in [0.2, 0.25) is 0 Å². The normalized spacial score (nSPS) is 10.7. The van der Waals surface area contributed by atoms with E-state index < -0.39 is 11.9 Å². The van der Waals surface area contributed by atoms with Gasteiger partial charge in [-0.15, -0.1) is 0 Å². The van der Waals surface area contributed by atoms with E-state index >= 15 is 0 Å². The number of carbonyl (C=O) groups is 2. The first-order valence-corrected chi connectivity index (χ1v) is 8.04. The van der Waals surface area contributed by atoms with E-state index in [1.807, 2.05) is 48.9 Å². The first-order valence-electron chi connectivity index (χ1n) is 8.04. The van der Waals surface area contributed by atoms with Gasteiger partial charge in [0.15, 0.2) is 0 Å². The van der Waals surface area contributed by atoms with Crippen LogP contribution in [0.2, 0.25) is 0 Å². The van der Waals surface area contributed by atoms with Gasteiger partial charge >= 0.3 is 5.97 Å². The second-order valence-electron chi connectivity index (χ2n) is 5.92. The molecule has 0 saturated carbocycles. The monoisotopic (exact) mass is 353 g/mol. The molecule has 2 heterocycles. The summed E-state index contributed by atoms with van der Waals surface area (Å²) in [6, 6.07) is 9.71. The van der Waals surface area contributed by atoms with E-state index in [1.165, 1.54) is 17.9 Å². The molecule has 1 aromatic carbocycles. The predicted molar refractivity (Wildman–Crippen MR) is 94.4 cm³/mol. The molecule has 0 atom stereocenters. The molecule has 0 aliphatic heterocycles. The van der Waals surface area contributed by atoms with Crippen LogP contribution >= 0.6 is 0 Å². The summed E-state index contributed by atoms with van der Waals surface area (Å²) in [5.41, 5.74) is 3.43. The van der Waals surface area contributed by atoms with Crippen LogP contribution in [0.3, 0.4) is 0 Å². The molecule has 134 valence electrons. The van der Waals surface area contributed by atoms with Crippen LogP contribution in [0.4, 0.5) is 0 Å². The zero-order valence-electron chi connectivity index (χ0n) is 14.7. The molecule has 3 rings (SSSR count). The summed E-state index contributed by atoms with van der Waals surface area (Å²) in [6.07, 6.45) is 1.17. The van der Waals surface area contributed by atoms with E-state index in [0.717, 1.165) is 22.6 Å². The molecule has 2 aromatic heterocycles. The van der Waals surface area contributed by atoms with Crippen LogP contribution in [0.5, 0.6) is 0 Å². The van der Waals surface area contributed by atoms with Crippen molar-refractivity contribution < 1.29 is 14.7 Å². The minimum absolute atomic E-state index is 0.0169. The Morgan fingerprint density at radius 2 is 1.88 bits per heavy atom. The first kappa shape index (κ1) is 17.4. The van der Waals surface area contributed by atoms with Crippen molar-refractivity contribution in [2.75, 3.05) is 0 Å². The number of carboxylic acid groups (broad SMARTS) is 1. The summed E-state index contributed by atoms with van der Waals surface area (Å²) in [4.78, 5) is 23.7.